The first-order valence-electron chi connectivity index (χ1n) is 10.2. The summed E-state index contributed by atoms with van der Waals surface area (Å²) in [7, 11) is 0. The van der Waals surface area contributed by atoms with Gasteiger partial charge in [-0.1, -0.05) is 30.3 Å². The molecule has 1 fully saturated rings. The second-order valence-electron chi connectivity index (χ2n) is 7.48. The molecule has 0 unspecified atom stereocenters. The van der Waals surface area contributed by atoms with Gasteiger partial charge in [0.1, 0.15) is 5.82 Å². The average molecular weight is 383 g/mol. The Balaban J connectivity index is 1.38. The maximum atomic E-state index is 12.5. The lowest BCUT2D eigenvalue weighted by Gasteiger charge is -2.32. The fourth-order valence-electron chi connectivity index (χ4n) is 3.71. The smallest absolute Gasteiger partial charge is 0.224 e. The molecule has 0 bridgehead atoms. The third kappa shape index (κ3) is 5.68. The molecular weight excluding hydrogens is 352 g/mol. The molecule has 1 atom stereocenters. The fraction of sp³-hybridized carbons (Fsp3) is 0.500. The lowest BCUT2D eigenvalue weighted by molar-refractivity contribution is -0.138. The zero-order valence-corrected chi connectivity index (χ0v) is 16.6. The first-order chi connectivity index (χ1) is 13.6. The zero-order chi connectivity index (χ0) is 19.8. The first-order valence-corrected chi connectivity index (χ1v) is 10.2. The van der Waals surface area contributed by atoms with Gasteiger partial charge in [0, 0.05) is 45.0 Å². The van der Waals surface area contributed by atoms with Crippen molar-refractivity contribution in [3.05, 3.63) is 54.1 Å². The van der Waals surface area contributed by atoms with Crippen LogP contribution in [0.4, 0.5) is 0 Å². The molecule has 0 saturated carbocycles. The molecule has 150 valence electrons. The topological polar surface area (TPSA) is 67.2 Å². The van der Waals surface area contributed by atoms with Crippen LogP contribution in [-0.2, 0) is 22.6 Å². The molecule has 2 heterocycles. The molecule has 3 rings (SSSR count). The van der Waals surface area contributed by atoms with Crippen molar-refractivity contribution >= 4 is 11.8 Å². The molecule has 2 amide bonds. The highest BCUT2D eigenvalue weighted by Gasteiger charge is 2.29. The minimum atomic E-state index is -0.0931. The maximum Gasteiger partial charge on any atom is 0.224 e. The summed E-state index contributed by atoms with van der Waals surface area (Å²) in [5.74, 6) is 1.14. The molecule has 6 heteroatoms. The quantitative estimate of drug-likeness (QED) is 0.678. The van der Waals surface area contributed by atoms with Gasteiger partial charge in [0.15, 0.2) is 0 Å². The van der Waals surface area contributed by atoms with Crippen molar-refractivity contribution in [3.8, 4) is 0 Å². The number of imidazole rings is 1. The molecule has 1 saturated heterocycles. The number of aryl methyl sites for hydroxylation is 3. The van der Waals surface area contributed by atoms with Gasteiger partial charge in [0.05, 0.1) is 5.92 Å². The van der Waals surface area contributed by atoms with Crippen molar-refractivity contribution in [1.29, 1.82) is 0 Å². The van der Waals surface area contributed by atoms with Crippen LogP contribution in [0, 0.1) is 12.8 Å². The van der Waals surface area contributed by atoms with Crippen LogP contribution in [0.25, 0.3) is 0 Å². The monoisotopic (exact) mass is 382 g/mol. The van der Waals surface area contributed by atoms with E-state index in [0.717, 1.165) is 38.2 Å². The summed E-state index contributed by atoms with van der Waals surface area (Å²) in [6.07, 6.45) is 7.62. The lowest BCUT2D eigenvalue weighted by Crippen LogP contribution is -2.46. The number of aromatic nitrogens is 2. The Labute approximate surface area is 166 Å². The van der Waals surface area contributed by atoms with Crippen LogP contribution in [0.15, 0.2) is 42.7 Å². The lowest BCUT2D eigenvalue weighted by atomic mass is 9.96. The Morgan fingerprint density at radius 3 is 2.79 bits per heavy atom. The number of benzene rings is 1. The minimum Gasteiger partial charge on any atom is -0.356 e. The summed E-state index contributed by atoms with van der Waals surface area (Å²) >= 11 is 0. The van der Waals surface area contributed by atoms with Crippen molar-refractivity contribution in [3.63, 3.8) is 0 Å². The van der Waals surface area contributed by atoms with Crippen molar-refractivity contribution in [2.45, 2.75) is 45.6 Å². The van der Waals surface area contributed by atoms with Gasteiger partial charge in [0.2, 0.25) is 11.8 Å². The molecule has 1 N–H and O–H groups in total. The van der Waals surface area contributed by atoms with E-state index in [-0.39, 0.29) is 17.7 Å². The maximum absolute atomic E-state index is 12.5. The van der Waals surface area contributed by atoms with Crippen LogP contribution in [0.2, 0.25) is 0 Å². The summed E-state index contributed by atoms with van der Waals surface area (Å²) in [4.78, 5) is 30.8. The highest BCUT2D eigenvalue weighted by molar-refractivity contribution is 5.83. The summed E-state index contributed by atoms with van der Waals surface area (Å²) < 4.78 is 2.08. The minimum absolute atomic E-state index is 0.0721. The molecule has 1 aliphatic heterocycles. The SMILES string of the molecule is Cc1nccn1CCCNC(=O)[C@@H]1CCC(=O)N(CCCc2ccccc2)C1. The number of nitrogens with zero attached hydrogens (tertiary/aromatic N) is 3. The molecule has 28 heavy (non-hydrogen) atoms. The fourth-order valence-corrected chi connectivity index (χ4v) is 3.71. The molecule has 0 radical (unpaired) electrons. The number of hydrogen-bond acceptors (Lipinski definition) is 3. The largest absolute Gasteiger partial charge is 0.356 e. The second kappa shape index (κ2) is 10.1. The molecule has 2 aromatic rings. The van der Waals surface area contributed by atoms with Gasteiger partial charge in [-0.05, 0) is 38.2 Å². The zero-order valence-electron chi connectivity index (χ0n) is 16.6. The van der Waals surface area contributed by atoms with Crippen LogP contribution in [0.5, 0.6) is 0 Å². The van der Waals surface area contributed by atoms with E-state index in [1.54, 1.807) is 6.20 Å². The average Bonchev–Trinajstić information content (AvgIpc) is 3.12. The first kappa shape index (κ1) is 20.1. The second-order valence-corrected chi connectivity index (χ2v) is 7.48. The highest BCUT2D eigenvalue weighted by atomic mass is 16.2. The van der Waals surface area contributed by atoms with E-state index >= 15 is 0 Å². The number of hydrogen-bond donors (Lipinski definition) is 1. The summed E-state index contributed by atoms with van der Waals surface area (Å²) in [6.45, 7) is 4.73. The molecule has 1 aromatic carbocycles. The molecule has 0 aliphatic carbocycles. The number of carbonyl (C=O) groups excluding carboxylic acids is 2. The van der Waals surface area contributed by atoms with Gasteiger partial charge in [-0.3, -0.25) is 9.59 Å². The number of rotatable bonds is 9. The Bertz CT molecular complexity index is 772. The molecule has 6 nitrogen and oxygen atoms in total. The van der Waals surface area contributed by atoms with Crippen molar-refractivity contribution in [2.75, 3.05) is 19.6 Å². The van der Waals surface area contributed by atoms with Gasteiger partial charge >= 0.3 is 0 Å². The van der Waals surface area contributed by atoms with E-state index < -0.39 is 0 Å². The van der Waals surface area contributed by atoms with E-state index in [2.05, 4.69) is 27.0 Å². The normalized spacial score (nSPS) is 17.0. The van der Waals surface area contributed by atoms with Crippen molar-refractivity contribution in [2.24, 2.45) is 5.92 Å². The van der Waals surface area contributed by atoms with Crippen molar-refractivity contribution < 1.29 is 9.59 Å². The van der Waals surface area contributed by atoms with Crippen LogP contribution >= 0.6 is 0 Å². The number of likely N-dealkylation sites (tertiary alicyclic amines) is 1. The summed E-state index contributed by atoms with van der Waals surface area (Å²) in [5, 5.41) is 3.04. The number of piperidine rings is 1. The molecule has 1 aliphatic rings. The third-order valence-corrected chi connectivity index (χ3v) is 5.41. The summed E-state index contributed by atoms with van der Waals surface area (Å²) in [6, 6.07) is 10.3. The molecule has 1 aromatic heterocycles. The van der Waals surface area contributed by atoms with Gasteiger partial charge in [-0.25, -0.2) is 4.98 Å². The number of amides is 2. The van der Waals surface area contributed by atoms with E-state index in [0.29, 0.717) is 25.9 Å². The van der Waals surface area contributed by atoms with Crippen molar-refractivity contribution in [1.82, 2.24) is 19.8 Å². The van der Waals surface area contributed by atoms with Gasteiger partial charge < -0.3 is 14.8 Å². The molecular formula is C22H30N4O2. The predicted octanol–water partition coefficient (Wildman–Crippen LogP) is 2.57. The van der Waals surface area contributed by atoms with E-state index in [1.807, 2.05) is 36.2 Å². The summed E-state index contributed by atoms with van der Waals surface area (Å²) in [5.41, 5.74) is 1.29. The Hall–Kier alpha value is -2.63. The standard InChI is InChI=1S/C22H30N4O2/c1-18-23-13-16-25(18)15-6-12-24-22(28)20-10-11-21(27)26(17-20)14-5-9-19-7-3-2-4-8-19/h2-4,7-8,13,16,20H,5-6,9-12,14-15,17H2,1H3,(H,24,28)/t20-/m1/s1. The van der Waals surface area contributed by atoms with Crippen LogP contribution < -0.4 is 5.32 Å². The number of carbonyl (C=O) groups is 2. The van der Waals surface area contributed by atoms with E-state index in [9.17, 15) is 9.59 Å². The highest BCUT2D eigenvalue weighted by Crippen LogP contribution is 2.18. The predicted molar refractivity (Wildman–Crippen MR) is 109 cm³/mol. The number of nitrogens with one attached hydrogen (secondary N) is 1. The third-order valence-electron chi connectivity index (χ3n) is 5.41. The van der Waals surface area contributed by atoms with Gasteiger partial charge in [0.25, 0.3) is 0 Å². The Kier molecular flexibility index (Phi) is 7.23. The molecule has 0 spiro atoms. The van der Waals surface area contributed by atoms with E-state index in [1.165, 1.54) is 5.56 Å². The van der Waals surface area contributed by atoms with Gasteiger partial charge in [-0.15, -0.1) is 0 Å². The van der Waals surface area contributed by atoms with Crippen LogP contribution in [-0.4, -0.2) is 45.9 Å². The Morgan fingerprint density at radius 2 is 2.04 bits per heavy atom. The van der Waals surface area contributed by atoms with Gasteiger partial charge in [-0.2, -0.15) is 0 Å². The Morgan fingerprint density at radius 1 is 1.21 bits per heavy atom. The van der Waals surface area contributed by atoms with Crippen LogP contribution in [0.1, 0.15) is 37.1 Å². The van der Waals surface area contributed by atoms with Crippen LogP contribution in [0.3, 0.4) is 0 Å². The van der Waals surface area contributed by atoms with E-state index in [4.69, 9.17) is 0 Å².